The Balaban J connectivity index is 2.21. The average molecular weight is 316 g/mol. The van der Waals surface area contributed by atoms with Crippen LogP contribution in [0.5, 0.6) is 0 Å². The highest BCUT2D eigenvalue weighted by Gasteiger charge is 2.20. The SMILES string of the molecule is CCOC(=O)c1c(C)[nH]c(/C(C)=N/NC(=O)c2ccc[nH]2)c1C. The fourth-order valence-electron chi connectivity index (χ4n) is 2.34. The number of carbonyl (C=O) groups excluding carboxylic acids is 2. The summed E-state index contributed by atoms with van der Waals surface area (Å²) in [5, 5.41) is 4.08. The molecule has 0 radical (unpaired) electrons. The van der Waals surface area contributed by atoms with Crippen LogP contribution in [0.3, 0.4) is 0 Å². The first-order chi connectivity index (χ1) is 11.0. The molecule has 23 heavy (non-hydrogen) atoms. The first-order valence-electron chi connectivity index (χ1n) is 7.30. The third kappa shape index (κ3) is 3.50. The van der Waals surface area contributed by atoms with Gasteiger partial charge in [-0.2, -0.15) is 5.10 Å². The Morgan fingerprint density at radius 2 is 2.09 bits per heavy atom. The zero-order valence-corrected chi connectivity index (χ0v) is 13.6. The standard InChI is InChI=1S/C16H20N4O3/c1-5-23-16(22)13-9(2)14(18-10(13)3)11(4)19-20-15(21)12-7-6-8-17-12/h6-8,17-18H,5H2,1-4H3,(H,20,21)/b19-11+. The molecule has 0 atom stereocenters. The quantitative estimate of drug-likeness (QED) is 0.448. The van der Waals surface area contributed by atoms with Crippen LogP contribution in [0, 0.1) is 13.8 Å². The van der Waals surface area contributed by atoms with E-state index < -0.39 is 0 Å². The number of nitrogens with one attached hydrogen (secondary N) is 3. The summed E-state index contributed by atoms with van der Waals surface area (Å²) in [5.41, 5.74) is 6.12. The molecule has 122 valence electrons. The zero-order chi connectivity index (χ0) is 17.0. The van der Waals surface area contributed by atoms with Gasteiger partial charge in [-0.15, -0.1) is 0 Å². The molecule has 0 saturated carbocycles. The lowest BCUT2D eigenvalue weighted by molar-refractivity contribution is 0.0525. The summed E-state index contributed by atoms with van der Waals surface area (Å²) in [4.78, 5) is 29.8. The molecule has 2 aromatic heterocycles. The second-order valence-electron chi connectivity index (χ2n) is 5.07. The number of aryl methyl sites for hydroxylation is 1. The summed E-state index contributed by atoms with van der Waals surface area (Å²) in [6, 6.07) is 3.39. The van der Waals surface area contributed by atoms with Gasteiger partial charge in [0.2, 0.25) is 0 Å². The van der Waals surface area contributed by atoms with Gasteiger partial charge < -0.3 is 14.7 Å². The number of rotatable bonds is 5. The number of amides is 1. The third-order valence-electron chi connectivity index (χ3n) is 3.45. The molecule has 0 aromatic carbocycles. The monoisotopic (exact) mass is 316 g/mol. The van der Waals surface area contributed by atoms with Crippen LogP contribution in [0.1, 0.15) is 51.6 Å². The topological polar surface area (TPSA) is 99.3 Å². The van der Waals surface area contributed by atoms with E-state index in [1.807, 2.05) is 6.92 Å². The lowest BCUT2D eigenvalue weighted by Gasteiger charge is -2.03. The Kier molecular flexibility index (Phi) is 5.00. The van der Waals surface area contributed by atoms with Crippen LogP contribution >= 0.6 is 0 Å². The molecule has 2 aromatic rings. The van der Waals surface area contributed by atoms with Crippen molar-refractivity contribution in [3.05, 3.63) is 46.5 Å². The van der Waals surface area contributed by atoms with Gasteiger partial charge >= 0.3 is 5.97 Å². The van der Waals surface area contributed by atoms with Gasteiger partial charge in [-0.3, -0.25) is 4.79 Å². The molecule has 0 aliphatic rings. The first kappa shape index (κ1) is 16.5. The summed E-state index contributed by atoms with van der Waals surface area (Å²) in [7, 11) is 0. The van der Waals surface area contributed by atoms with E-state index in [9.17, 15) is 9.59 Å². The highest BCUT2D eigenvalue weighted by Crippen LogP contribution is 2.19. The maximum Gasteiger partial charge on any atom is 0.340 e. The normalized spacial score (nSPS) is 11.4. The molecule has 2 heterocycles. The lowest BCUT2D eigenvalue weighted by atomic mass is 10.1. The van der Waals surface area contributed by atoms with E-state index in [2.05, 4.69) is 20.5 Å². The molecule has 1 amide bonds. The summed E-state index contributed by atoms with van der Waals surface area (Å²) in [6.07, 6.45) is 1.66. The van der Waals surface area contributed by atoms with Gasteiger partial charge in [-0.05, 0) is 45.4 Å². The maximum atomic E-state index is 12.0. The molecule has 0 aliphatic heterocycles. The zero-order valence-electron chi connectivity index (χ0n) is 13.6. The minimum atomic E-state index is -0.367. The summed E-state index contributed by atoms with van der Waals surface area (Å²) < 4.78 is 5.06. The Labute approximate surface area is 134 Å². The Morgan fingerprint density at radius 3 is 2.70 bits per heavy atom. The van der Waals surface area contributed by atoms with Crippen LogP contribution in [0.25, 0.3) is 0 Å². The van der Waals surface area contributed by atoms with Crippen LogP contribution in [0.4, 0.5) is 0 Å². The lowest BCUT2D eigenvalue weighted by Crippen LogP contribution is -2.20. The molecule has 0 bridgehead atoms. The van der Waals surface area contributed by atoms with E-state index in [0.717, 1.165) is 5.56 Å². The van der Waals surface area contributed by atoms with Gasteiger partial charge in [0.25, 0.3) is 5.91 Å². The van der Waals surface area contributed by atoms with Crippen molar-refractivity contribution in [2.45, 2.75) is 27.7 Å². The van der Waals surface area contributed by atoms with E-state index in [0.29, 0.717) is 35.0 Å². The number of hydrogen-bond acceptors (Lipinski definition) is 4. The smallest absolute Gasteiger partial charge is 0.340 e. The number of aromatic amines is 2. The number of aromatic nitrogens is 2. The molecule has 0 spiro atoms. The van der Waals surface area contributed by atoms with Crippen LogP contribution < -0.4 is 5.43 Å². The number of hydrazone groups is 1. The van der Waals surface area contributed by atoms with E-state index in [1.165, 1.54) is 0 Å². The highest BCUT2D eigenvalue weighted by molar-refractivity contribution is 6.03. The minimum Gasteiger partial charge on any atom is -0.462 e. The summed E-state index contributed by atoms with van der Waals surface area (Å²) in [6.45, 7) is 7.45. The van der Waals surface area contributed by atoms with Gasteiger partial charge in [-0.25, -0.2) is 10.2 Å². The third-order valence-corrected chi connectivity index (χ3v) is 3.45. The van der Waals surface area contributed by atoms with Crippen molar-refractivity contribution in [3.63, 3.8) is 0 Å². The van der Waals surface area contributed by atoms with Gasteiger partial charge in [0.1, 0.15) is 5.69 Å². The Hall–Kier alpha value is -2.83. The van der Waals surface area contributed by atoms with Crippen molar-refractivity contribution in [3.8, 4) is 0 Å². The number of esters is 1. The maximum absolute atomic E-state index is 12.0. The van der Waals surface area contributed by atoms with E-state index in [1.54, 1.807) is 39.1 Å². The predicted molar refractivity (Wildman–Crippen MR) is 86.7 cm³/mol. The van der Waals surface area contributed by atoms with Crippen LogP contribution in [-0.2, 0) is 4.74 Å². The second kappa shape index (κ2) is 6.95. The predicted octanol–water partition coefficient (Wildman–Crippen LogP) is 2.29. The van der Waals surface area contributed by atoms with E-state index in [4.69, 9.17) is 4.74 Å². The Bertz CT molecular complexity index is 742. The molecule has 0 aliphatic carbocycles. The average Bonchev–Trinajstić information content (AvgIpc) is 3.13. The largest absolute Gasteiger partial charge is 0.462 e. The molecular formula is C16H20N4O3. The molecule has 0 fully saturated rings. The fourth-order valence-corrected chi connectivity index (χ4v) is 2.34. The van der Waals surface area contributed by atoms with Gasteiger partial charge in [0, 0.05) is 11.9 Å². The molecule has 3 N–H and O–H groups in total. The first-order valence-corrected chi connectivity index (χ1v) is 7.30. The highest BCUT2D eigenvalue weighted by atomic mass is 16.5. The number of carbonyl (C=O) groups is 2. The number of hydrogen-bond donors (Lipinski definition) is 3. The van der Waals surface area contributed by atoms with Crippen molar-refractivity contribution >= 4 is 17.6 Å². The molecule has 7 heteroatoms. The van der Waals surface area contributed by atoms with Crippen LogP contribution in [-0.4, -0.2) is 34.2 Å². The number of nitrogens with zero attached hydrogens (tertiary/aromatic N) is 1. The fraction of sp³-hybridized carbons (Fsp3) is 0.312. The van der Waals surface area contributed by atoms with Crippen LogP contribution in [0.2, 0.25) is 0 Å². The molecule has 0 unspecified atom stereocenters. The minimum absolute atomic E-state index is 0.317. The van der Waals surface area contributed by atoms with Crippen molar-refractivity contribution in [1.82, 2.24) is 15.4 Å². The summed E-state index contributed by atoms with van der Waals surface area (Å²) >= 11 is 0. The molecule has 7 nitrogen and oxygen atoms in total. The van der Waals surface area contributed by atoms with E-state index in [-0.39, 0.29) is 11.9 Å². The molecular weight excluding hydrogens is 296 g/mol. The van der Waals surface area contributed by atoms with Gasteiger partial charge in [0.15, 0.2) is 0 Å². The van der Waals surface area contributed by atoms with Crippen molar-refractivity contribution in [2.24, 2.45) is 5.10 Å². The van der Waals surface area contributed by atoms with Gasteiger partial charge in [-0.1, -0.05) is 0 Å². The number of ether oxygens (including phenoxy) is 1. The number of H-pyrrole nitrogens is 2. The second-order valence-corrected chi connectivity index (χ2v) is 5.07. The van der Waals surface area contributed by atoms with Crippen molar-refractivity contribution in [2.75, 3.05) is 6.61 Å². The summed E-state index contributed by atoms with van der Waals surface area (Å²) in [5.74, 6) is -0.700. The molecule has 0 saturated heterocycles. The van der Waals surface area contributed by atoms with Crippen molar-refractivity contribution in [1.29, 1.82) is 0 Å². The van der Waals surface area contributed by atoms with Gasteiger partial charge in [0.05, 0.1) is 23.6 Å². The van der Waals surface area contributed by atoms with Crippen LogP contribution in [0.15, 0.2) is 23.4 Å². The molecule has 2 rings (SSSR count). The Morgan fingerprint density at radius 1 is 1.35 bits per heavy atom. The van der Waals surface area contributed by atoms with Crippen molar-refractivity contribution < 1.29 is 14.3 Å². The van der Waals surface area contributed by atoms with E-state index >= 15 is 0 Å².